The highest BCUT2D eigenvalue weighted by atomic mass is 31.1. The molecule has 0 aromatic carbocycles. The van der Waals surface area contributed by atoms with Crippen molar-refractivity contribution < 1.29 is 8.78 Å². The fourth-order valence-corrected chi connectivity index (χ4v) is 5.06. The summed E-state index contributed by atoms with van der Waals surface area (Å²) in [6, 6.07) is 0. The Morgan fingerprint density at radius 3 is 2.13 bits per heavy atom. The van der Waals surface area contributed by atoms with Crippen LogP contribution in [0.25, 0.3) is 0 Å². The van der Waals surface area contributed by atoms with E-state index < -0.39 is 16.3 Å². The zero-order valence-electron chi connectivity index (χ0n) is 10.2. The lowest BCUT2D eigenvalue weighted by molar-refractivity contribution is 0.319. The third kappa shape index (κ3) is 6.41. The van der Waals surface area contributed by atoms with E-state index in [0.29, 0.717) is 6.29 Å². The normalized spacial score (nSPS) is 21.1. The molecule has 5 heteroatoms. The molecule has 1 aliphatic rings. The smallest absolute Gasteiger partial charge is 0.260 e. The Labute approximate surface area is 95.2 Å². The van der Waals surface area contributed by atoms with Gasteiger partial charge < -0.3 is 0 Å². The number of rotatable bonds is 4. The number of hydrogen-bond acceptors (Lipinski definition) is 3. The van der Waals surface area contributed by atoms with Crippen LogP contribution < -0.4 is 0 Å². The van der Waals surface area contributed by atoms with Gasteiger partial charge in [0.1, 0.15) is 0 Å². The summed E-state index contributed by atoms with van der Waals surface area (Å²) in [5.41, 5.74) is 0. The van der Waals surface area contributed by atoms with Gasteiger partial charge in [-0.15, -0.1) is 0 Å². The van der Waals surface area contributed by atoms with Crippen LogP contribution in [0.3, 0.4) is 0 Å². The highest BCUT2D eigenvalue weighted by Gasteiger charge is 2.31. The van der Waals surface area contributed by atoms with E-state index in [9.17, 15) is 4.57 Å². The van der Waals surface area contributed by atoms with Crippen molar-refractivity contribution in [2.24, 2.45) is 0 Å². The standard InChI is InChI=1S/C10H23NO2PSi/c1-15(2,3)13-14(12)10-11-8-6-4-5-7-9-11/h4-10H2,1-3H3/q+1. The van der Waals surface area contributed by atoms with E-state index in [4.69, 9.17) is 4.21 Å². The molecule has 15 heavy (non-hydrogen) atoms. The summed E-state index contributed by atoms with van der Waals surface area (Å²) in [7, 11) is -3.09. The summed E-state index contributed by atoms with van der Waals surface area (Å²) >= 11 is 0. The van der Waals surface area contributed by atoms with E-state index in [1.165, 1.54) is 25.7 Å². The minimum Gasteiger partial charge on any atom is -0.260 e. The third-order valence-electron chi connectivity index (χ3n) is 2.39. The van der Waals surface area contributed by atoms with Crippen LogP contribution in [0.1, 0.15) is 25.7 Å². The summed E-state index contributed by atoms with van der Waals surface area (Å²) < 4.78 is 17.3. The van der Waals surface area contributed by atoms with Crippen molar-refractivity contribution in [2.75, 3.05) is 19.4 Å². The molecule has 0 amide bonds. The first-order chi connectivity index (χ1) is 6.97. The highest BCUT2D eigenvalue weighted by molar-refractivity contribution is 7.41. The molecule has 1 atom stereocenters. The lowest BCUT2D eigenvalue weighted by Gasteiger charge is -2.14. The van der Waals surface area contributed by atoms with Crippen molar-refractivity contribution in [3.63, 3.8) is 0 Å². The summed E-state index contributed by atoms with van der Waals surface area (Å²) in [6.45, 7) is 8.44. The lowest BCUT2D eigenvalue weighted by Crippen LogP contribution is -2.27. The first-order valence-corrected chi connectivity index (χ1v) is 10.6. The largest absolute Gasteiger partial charge is 0.512 e. The van der Waals surface area contributed by atoms with Gasteiger partial charge in [-0.2, -0.15) is 0 Å². The summed E-state index contributed by atoms with van der Waals surface area (Å²) in [5, 5.41) is 0. The quantitative estimate of drug-likeness (QED) is 0.564. The molecular formula is C10H23NO2PSi+. The van der Waals surface area contributed by atoms with Gasteiger partial charge in [0.2, 0.25) is 6.29 Å². The maximum atomic E-state index is 11.8. The van der Waals surface area contributed by atoms with Gasteiger partial charge in [-0.05, 0) is 37.0 Å². The average Bonchev–Trinajstić information content (AvgIpc) is 2.28. The van der Waals surface area contributed by atoms with Crippen LogP contribution in [0, 0.1) is 0 Å². The first-order valence-electron chi connectivity index (χ1n) is 5.83. The van der Waals surface area contributed by atoms with Crippen LogP contribution >= 0.6 is 8.03 Å². The molecule has 0 spiro atoms. The van der Waals surface area contributed by atoms with Crippen LogP contribution in [0.2, 0.25) is 19.6 Å². The molecule has 1 saturated heterocycles. The van der Waals surface area contributed by atoms with Gasteiger partial charge in [-0.3, -0.25) is 4.90 Å². The van der Waals surface area contributed by atoms with Gasteiger partial charge in [-0.25, -0.2) is 4.21 Å². The van der Waals surface area contributed by atoms with Crippen LogP contribution in [-0.2, 0) is 8.78 Å². The molecule has 88 valence electrons. The molecule has 0 bridgehead atoms. The van der Waals surface area contributed by atoms with Gasteiger partial charge >= 0.3 is 8.03 Å². The van der Waals surface area contributed by atoms with Crippen LogP contribution in [0.15, 0.2) is 0 Å². The lowest BCUT2D eigenvalue weighted by atomic mass is 10.2. The molecule has 3 nitrogen and oxygen atoms in total. The van der Waals surface area contributed by atoms with E-state index in [2.05, 4.69) is 24.5 Å². The number of nitrogens with zero attached hydrogens (tertiary/aromatic N) is 1. The minimum atomic E-state index is -1.63. The molecule has 0 aromatic rings. The Morgan fingerprint density at radius 1 is 1.13 bits per heavy atom. The molecule has 1 unspecified atom stereocenters. The average molecular weight is 248 g/mol. The van der Waals surface area contributed by atoms with E-state index >= 15 is 0 Å². The van der Waals surface area contributed by atoms with Crippen LogP contribution in [0.5, 0.6) is 0 Å². The molecule has 1 aliphatic heterocycles. The van der Waals surface area contributed by atoms with Gasteiger partial charge in [0.25, 0.3) is 8.32 Å². The van der Waals surface area contributed by atoms with Crippen molar-refractivity contribution in [2.45, 2.75) is 45.3 Å². The van der Waals surface area contributed by atoms with Crippen molar-refractivity contribution >= 4 is 16.3 Å². The Hall–Kier alpha value is 0.237. The Morgan fingerprint density at radius 2 is 1.67 bits per heavy atom. The fraction of sp³-hybridized carbons (Fsp3) is 1.00. The molecule has 0 radical (unpaired) electrons. The second kappa shape index (κ2) is 6.09. The molecule has 0 aliphatic carbocycles. The Balaban J connectivity index is 2.30. The van der Waals surface area contributed by atoms with Gasteiger partial charge in [0.05, 0.1) is 0 Å². The number of hydrogen-bond donors (Lipinski definition) is 0. The molecular weight excluding hydrogens is 225 g/mol. The predicted octanol–water partition coefficient (Wildman–Crippen LogP) is 3.41. The molecule has 1 rings (SSSR count). The zero-order valence-corrected chi connectivity index (χ0v) is 12.1. The molecule has 0 N–H and O–H groups in total. The van der Waals surface area contributed by atoms with Crippen molar-refractivity contribution in [3.8, 4) is 0 Å². The number of likely N-dealkylation sites (tertiary alicyclic amines) is 1. The third-order valence-corrected chi connectivity index (χ3v) is 6.03. The van der Waals surface area contributed by atoms with Gasteiger partial charge in [-0.1, -0.05) is 12.8 Å². The van der Waals surface area contributed by atoms with Crippen molar-refractivity contribution in [1.29, 1.82) is 0 Å². The van der Waals surface area contributed by atoms with E-state index in [1.54, 1.807) is 0 Å². The van der Waals surface area contributed by atoms with Crippen LogP contribution in [-0.4, -0.2) is 32.6 Å². The minimum absolute atomic E-state index is 0.638. The molecule has 0 aromatic heterocycles. The fourth-order valence-electron chi connectivity index (χ4n) is 1.78. The maximum absolute atomic E-state index is 11.8. The Kier molecular flexibility index (Phi) is 5.40. The summed E-state index contributed by atoms with van der Waals surface area (Å²) in [5.74, 6) is 0. The molecule has 1 heterocycles. The first kappa shape index (κ1) is 13.3. The maximum Gasteiger partial charge on any atom is 0.512 e. The monoisotopic (exact) mass is 248 g/mol. The molecule has 0 saturated carbocycles. The van der Waals surface area contributed by atoms with Gasteiger partial charge in [0, 0.05) is 13.1 Å². The van der Waals surface area contributed by atoms with Crippen molar-refractivity contribution in [1.82, 2.24) is 4.90 Å². The summed E-state index contributed by atoms with van der Waals surface area (Å²) in [4.78, 5) is 2.30. The second-order valence-electron chi connectivity index (χ2n) is 5.21. The highest BCUT2D eigenvalue weighted by Crippen LogP contribution is 2.29. The van der Waals surface area contributed by atoms with Gasteiger partial charge in [0.15, 0.2) is 0 Å². The van der Waals surface area contributed by atoms with Crippen molar-refractivity contribution in [3.05, 3.63) is 0 Å². The molecule has 1 fully saturated rings. The Bertz CT molecular complexity index is 210. The zero-order chi connectivity index (χ0) is 11.3. The van der Waals surface area contributed by atoms with E-state index in [-0.39, 0.29) is 0 Å². The predicted molar refractivity (Wildman–Crippen MR) is 66.9 cm³/mol. The van der Waals surface area contributed by atoms with E-state index in [0.717, 1.165) is 13.1 Å². The second-order valence-corrected chi connectivity index (χ2v) is 11.1. The summed E-state index contributed by atoms with van der Waals surface area (Å²) in [6.07, 6.45) is 5.77. The SMILES string of the molecule is C[Si](C)(C)O[P+](=O)CN1CCCCCC1. The van der Waals surface area contributed by atoms with Crippen LogP contribution in [0.4, 0.5) is 0 Å². The topological polar surface area (TPSA) is 29.5 Å². The van der Waals surface area contributed by atoms with E-state index in [1.807, 2.05) is 0 Å².